The number of carbonyl (C=O) groups excluding carboxylic acids is 1. The number of para-hydroxylation sites is 1. The highest BCUT2D eigenvalue weighted by Gasteiger charge is 2.18. The molecule has 0 aliphatic rings. The maximum atomic E-state index is 12.2. The lowest BCUT2D eigenvalue weighted by Crippen LogP contribution is -2.25. The quantitative estimate of drug-likeness (QED) is 0.647. The van der Waals surface area contributed by atoms with E-state index < -0.39 is 0 Å². The molecule has 3 N–H and O–H groups in total. The van der Waals surface area contributed by atoms with Crippen LogP contribution < -0.4 is 11.1 Å². The molecule has 0 spiro atoms. The number of aryl methyl sites for hydroxylation is 3. The summed E-state index contributed by atoms with van der Waals surface area (Å²) in [5.74, 6) is 0.589. The van der Waals surface area contributed by atoms with Crippen molar-refractivity contribution in [3.8, 4) is 11.8 Å². The number of benzene rings is 1. The van der Waals surface area contributed by atoms with E-state index in [0.29, 0.717) is 53.5 Å². The van der Waals surface area contributed by atoms with E-state index in [1.807, 2.05) is 30.3 Å². The molecule has 0 saturated heterocycles. The molecule has 0 radical (unpaired) electrons. The van der Waals surface area contributed by atoms with Gasteiger partial charge in [-0.15, -0.1) is 0 Å². The fraction of sp³-hybridized carbons (Fsp3) is 0.263. The van der Waals surface area contributed by atoms with Crippen LogP contribution in [0.5, 0.6) is 0 Å². The number of nitriles is 1. The second-order valence-electron chi connectivity index (χ2n) is 6.12. The lowest BCUT2D eigenvalue weighted by atomic mass is 10.1. The minimum atomic E-state index is -0.221. The molecule has 138 valence electrons. The average Bonchev–Trinajstić information content (AvgIpc) is 3.18. The van der Waals surface area contributed by atoms with Crippen LogP contribution >= 0.6 is 0 Å². The van der Waals surface area contributed by atoms with Gasteiger partial charge in [0.25, 0.3) is 5.91 Å². The van der Waals surface area contributed by atoms with E-state index >= 15 is 0 Å². The molecule has 0 saturated carbocycles. The first-order valence-corrected chi connectivity index (χ1v) is 8.57. The van der Waals surface area contributed by atoms with Crippen molar-refractivity contribution in [1.29, 1.82) is 5.26 Å². The predicted molar refractivity (Wildman–Crippen MR) is 99.3 cm³/mol. The van der Waals surface area contributed by atoms with Gasteiger partial charge in [-0.05, 0) is 38.8 Å². The molecule has 0 aliphatic heterocycles. The number of carbonyl (C=O) groups is 1. The monoisotopic (exact) mass is 364 g/mol. The van der Waals surface area contributed by atoms with E-state index in [1.54, 1.807) is 18.5 Å². The van der Waals surface area contributed by atoms with E-state index in [-0.39, 0.29) is 5.91 Å². The van der Waals surface area contributed by atoms with E-state index in [0.717, 1.165) is 5.69 Å². The Bertz CT molecular complexity index is 978. The number of nitrogens with one attached hydrogen (secondary N) is 1. The third kappa shape index (κ3) is 3.67. The molecule has 3 rings (SSSR count). The van der Waals surface area contributed by atoms with E-state index in [4.69, 9.17) is 10.3 Å². The lowest BCUT2D eigenvalue weighted by molar-refractivity contribution is 0.0951. The molecule has 0 fully saturated rings. The van der Waals surface area contributed by atoms with Crippen LogP contribution in [0.2, 0.25) is 0 Å². The zero-order valence-electron chi connectivity index (χ0n) is 15.2. The first-order chi connectivity index (χ1) is 13.0. The molecule has 0 bridgehead atoms. The summed E-state index contributed by atoms with van der Waals surface area (Å²) >= 11 is 0. The minimum absolute atomic E-state index is 0.221. The Morgan fingerprint density at radius 2 is 2.07 bits per heavy atom. The number of hydrogen-bond donors (Lipinski definition) is 2. The van der Waals surface area contributed by atoms with Gasteiger partial charge in [-0.3, -0.25) is 4.79 Å². The summed E-state index contributed by atoms with van der Waals surface area (Å²) < 4.78 is 6.57. The zero-order valence-corrected chi connectivity index (χ0v) is 15.2. The highest BCUT2D eigenvalue weighted by atomic mass is 16.5. The molecule has 8 heteroatoms. The summed E-state index contributed by atoms with van der Waals surface area (Å²) in [6.45, 7) is 3.86. The number of rotatable bonds is 6. The fourth-order valence-corrected chi connectivity index (χ4v) is 2.89. The Labute approximate surface area is 156 Å². The summed E-state index contributed by atoms with van der Waals surface area (Å²) in [5, 5.41) is 20.5. The lowest BCUT2D eigenvalue weighted by Gasteiger charge is -2.04. The van der Waals surface area contributed by atoms with Crippen LogP contribution in [0.4, 0.5) is 5.82 Å². The smallest absolute Gasteiger partial charge is 0.256 e. The summed E-state index contributed by atoms with van der Waals surface area (Å²) in [7, 11) is 0. The SMILES string of the molecule is Cc1noc(C)c1C(=O)NCCCc1nn(-c2ccccc2)c(N)c1C#N. The van der Waals surface area contributed by atoms with Gasteiger partial charge in [0.15, 0.2) is 0 Å². The van der Waals surface area contributed by atoms with Crippen molar-refractivity contribution in [2.45, 2.75) is 26.7 Å². The Balaban J connectivity index is 1.65. The van der Waals surface area contributed by atoms with Gasteiger partial charge in [-0.2, -0.15) is 10.4 Å². The first kappa shape index (κ1) is 18.2. The molecular weight excluding hydrogens is 344 g/mol. The highest BCUT2D eigenvalue weighted by Crippen LogP contribution is 2.21. The zero-order chi connectivity index (χ0) is 19.4. The largest absolute Gasteiger partial charge is 0.382 e. The maximum absolute atomic E-state index is 12.2. The molecule has 0 unspecified atom stereocenters. The van der Waals surface area contributed by atoms with Gasteiger partial charge in [0.05, 0.1) is 17.1 Å². The van der Waals surface area contributed by atoms with Gasteiger partial charge in [0.1, 0.15) is 28.8 Å². The molecule has 1 aromatic carbocycles. The minimum Gasteiger partial charge on any atom is -0.382 e. The summed E-state index contributed by atoms with van der Waals surface area (Å²) in [6.07, 6.45) is 1.14. The Kier molecular flexibility index (Phi) is 5.22. The topological polar surface area (TPSA) is 123 Å². The van der Waals surface area contributed by atoms with Crippen molar-refractivity contribution in [3.63, 3.8) is 0 Å². The van der Waals surface area contributed by atoms with Crippen LogP contribution in [0.15, 0.2) is 34.9 Å². The third-order valence-corrected chi connectivity index (χ3v) is 4.24. The van der Waals surface area contributed by atoms with E-state index in [9.17, 15) is 10.1 Å². The van der Waals surface area contributed by atoms with Gasteiger partial charge in [-0.25, -0.2) is 4.68 Å². The van der Waals surface area contributed by atoms with Crippen molar-refractivity contribution < 1.29 is 9.32 Å². The standard InChI is InChI=1S/C19H20N6O2/c1-12-17(13(2)27-24-12)19(26)22-10-6-9-16-15(11-20)18(21)25(23-16)14-7-4-3-5-8-14/h3-5,7-8H,6,9-10,21H2,1-2H3,(H,22,26). The summed E-state index contributed by atoms with van der Waals surface area (Å²) in [4.78, 5) is 12.2. The van der Waals surface area contributed by atoms with Crippen LogP contribution in [0, 0.1) is 25.2 Å². The summed E-state index contributed by atoms with van der Waals surface area (Å²) in [5.41, 5.74) is 8.90. The Hall–Kier alpha value is -3.60. The van der Waals surface area contributed by atoms with Crippen LogP contribution in [-0.4, -0.2) is 27.4 Å². The van der Waals surface area contributed by atoms with Crippen molar-refractivity contribution in [2.75, 3.05) is 12.3 Å². The molecule has 2 heterocycles. The Morgan fingerprint density at radius 3 is 2.70 bits per heavy atom. The molecule has 3 aromatic rings. The number of anilines is 1. The van der Waals surface area contributed by atoms with Gasteiger partial charge >= 0.3 is 0 Å². The molecule has 8 nitrogen and oxygen atoms in total. The number of nitrogens with two attached hydrogens (primary N) is 1. The fourth-order valence-electron chi connectivity index (χ4n) is 2.89. The van der Waals surface area contributed by atoms with Crippen molar-refractivity contribution in [1.82, 2.24) is 20.3 Å². The van der Waals surface area contributed by atoms with Gasteiger partial charge < -0.3 is 15.6 Å². The van der Waals surface area contributed by atoms with Crippen LogP contribution in [0.3, 0.4) is 0 Å². The normalized spacial score (nSPS) is 10.6. The third-order valence-electron chi connectivity index (χ3n) is 4.24. The molecule has 2 aromatic heterocycles. The molecule has 1 amide bonds. The van der Waals surface area contributed by atoms with E-state index in [2.05, 4.69) is 21.6 Å². The number of nitrogens with zero attached hydrogens (tertiary/aromatic N) is 4. The molecule has 0 aliphatic carbocycles. The predicted octanol–water partition coefficient (Wildman–Crippen LogP) is 2.29. The Morgan fingerprint density at radius 1 is 1.33 bits per heavy atom. The molecule has 27 heavy (non-hydrogen) atoms. The summed E-state index contributed by atoms with van der Waals surface area (Å²) in [6, 6.07) is 11.5. The van der Waals surface area contributed by atoms with Crippen LogP contribution in [-0.2, 0) is 6.42 Å². The molecule has 0 atom stereocenters. The second kappa shape index (κ2) is 7.74. The van der Waals surface area contributed by atoms with Crippen LogP contribution in [0.25, 0.3) is 5.69 Å². The number of amides is 1. The van der Waals surface area contributed by atoms with Gasteiger partial charge in [0.2, 0.25) is 0 Å². The second-order valence-corrected chi connectivity index (χ2v) is 6.12. The maximum Gasteiger partial charge on any atom is 0.256 e. The van der Waals surface area contributed by atoms with Crippen molar-refractivity contribution in [2.24, 2.45) is 0 Å². The first-order valence-electron chi connectivity index (χ1n) is 8.57. The number of aromatic nitrogens is 3. The van der Waals surface area contributed by atoms with Crippen LogP contribution in [0.1, 0.15) is 39.5 Å². The van der Waals surface area contributed by atoms with Crippen molar-refractivity contribution >= 4 is 11.7 Å². The number of hydrogen-bond acceptors (Lipinski definition) is 6. The molecular formula is C19H20N6O2. The van der Waals surface area contributed by atoms with Crippen molar-refractivity contribution in [3.05, 3.63) is 58.6 Å². The number of nitrogen functional groups attached to an aromatic ring is 1. The van der Waals surface area contributed by atoms with E-state index in [1.165, 1.54) is 0 Å². The average molecular weight is 364 g/mol. The van der Waals surface area contributed by atoms with Gasteiger partial charge in [-0.1, -0.05) is 23.4 Å². The highest BCUT2D eigenvalue weighted by molar-refractivity contribution is 5.96. The van der Waals surface area contributed by atoms with Gasteiger partial charge in [0, 0.05) is 6.54 Å².